The molecule has 0 atom stereocenters. The van der Waals surface area contributed by atoms with Crippen molar-refractivity contribution < 1.29 is 9.53 Å². The minimum Gasteiger partial charge on any atom is -0.465 e. The smallest absolute Gasteiger partial charge is 0.339 e. The van der Waals surface area contributed by atoms with Crippen LogP contribution in [0.25, 0.3) is 11.0 Å². The zero-order valence-corrected chi connectivity index (χ0v) is 17.6. The van der Waals surface area contributed by atoms with E-state index in [0.29, 0.717) is 17.9 Å². The number of fused-ring (bicyclic) bond motifs is 1. The van der Waals surface area contributed by atoms with Gasteiger partial charge in [-0.05, 0) is 66.8 Å². The van der Waals surface area contributed by atoms with E-state index in [-0.39, 0.29) is 5.97 Å². The zero-order chi connectivity index (χ0) is 20.5. The Morgan fingerprint density at radius 3 is 2.70 bits per heavy atom. The van der Waals surface area contributed by atoms with Crippen LogP contribution in [-0.4, -0.2) is 27.6 Å². The Morgan fingerprint density at radius 2 is 1.93 bits per heavy atom. The van der Waals surface area contributed by atoms with Crippen molar-refractivity contribution in [2.75, 3.05) is 7.11 Å². The van der Waals surface area contributed by atoms with Crippen molar-refractivity contribution in [3.8, 4) is 0 Å². The second kappa shape index (κ2) is 8.21. The highest BCUT2D eigenvalue weighted by molar-refractivity contribution is 5.91. The van der Waals surface area contributed by atoms with Gasteiger partial charge in [0, 0.05) is 36.9 Å². The minimum atomic E-state index is -0.312. The van der Waals surface area contributed by atoms with Crippen LogP contribution in [0, 0.1) is 5.92 Å². The number of esters is 1. The Kier molecular flexibility index (Phi) is 5.28. The molecule has 5 rings (SSSR count). The topological polar surface area (TPSA) is 57.0 Å². The Hall–Kier alpha value is -2.69. The maximum atomic E-state index is 12.3. The molecule has 3 heterocycles. The number of carbonyl (C=O) groups is 1. The number of hydrogen-bond donors (Lipinski definition) is 0. The normalized spacial score (nSPS) is 17.4. The molecule has 0 radical (unpaired) electrons. The molecule has 0 aromatic carbocycles. The molecule has 2 aliphatic carbocycles. The molecule has 3 aromatic rings. The van der Waals surface area contributed by atoms with Gasteiger partial charge >= 0.3 is 5.97 Å². The predicted octanol–water partition coefficient (Wildman–Crippen LogP) is 5.27. The lowest BCUT2D eigenvalue weighted by Gasteiger charge is -2.22. The number of ether oxygens (including phenoxy) is 1. The third-order valence-corrected chi connectivity index (χ3v) is 6.65. The van der Waals surface area contributed by atoms with E-state index in [0.717, 1.165) is 40.3 Å². The Bertz CT molecular complexity index is 1060. The van der Waals surface area contributed by atoms with Gasteiger partial charge in [-0.3, -0.25) is 4.98 Å². The highest BCUT2D eigenvalue weighted by Crippen LogP contribution is 2.40. The van der Waals surface area contributed by atoms with E-state index in [1.165, 1.54) is 52.1 Å². The Labute approximate surface area is 177 Å². The van der Waals surface area contributed by atoms with Crippen LogP contribution in [0.4, 0.5) is 0 Å². The highest BCUT2D eigenvalue weighted by atomic mass is 16.5. The SMILES string of the molecule is COC(=O)c1cc(C2CC2)cnc1Cc1cnc2c(ccn2CC2CCCCC2)c1. The zero-order valence-electron chi connectivity index (χ0n) is 17.6. The third-order valence-electron chi connectivity index (χ3n) is 6.65. The average molecular weight is 404 g/mol. The van der Waals surface area contributed by atoms with Crippen molar-refractivity contribution in [1.29, 1.82) is 0 Å². The van der Waals surface area contributed by atoms with Crippen molar-refractivity contribution in [1.82, 2.24) is 14.5 Å². The second-order valence-electron chi connectivity index (χ2n) is 8.93. The van der Waals surface area contributed by atoms with Crippen LogP contribution in [0.3, 0.4) is 0 Å². The molecule has 0 saturated heterocycles. The maximum Gasteiger partial charge on any atom is 0.339 e. The van der Waals surface area contributed by atoms with Crippen LogP contribution in [0.1, 0.15) is 78.0 Å². The summed E-state index contributed by atoms with van der Waals surface area (Å²) in [4.78, 5) is 21.7. The predicted molar refractivity (Wildman–Crippen MR) is 117 cm³/mol. The monoisotopic (exact) mass is 403 g/mol. The molecule has 30 heavy (non-hydrogen) atoms. The molecular formula is C25H29N3O2. The summed E-state index contributed by atoms with van der Waals surface area (Å²) in [6, 6.07) is 6.30. The van der Waals surface area contributed by atoms with Gasteiger partial charge in [0.05, 0.1) is 18.4 Å². The fraction of sp³-hybridized carbons (Fsp3) is 0.480. The van der Waals surface area contributed by atoms with E-state index in [2.05, 4.69) is 27.9 Å². The molecule has 0 spiro atoms. The molecule has 5 heteroatoms. The molecule has 2 aliphatic rings. The van der Waals surface area contributed by atoms with E-state index < -0.39 is 0 Å². The van der Waals surface area contributed by atoms with Gasteiger partial charge in [0.2, 0.25) is 0 Å². The lowest BCUT2D eigenvalue weighted by Crippen LogP contribution is -2.13. The molecule has 2 fully saturated rings. The first-order chi connectivity index (χ1) is 14.7. The summed E-state index contributed by atoms with van der Waals surface area (Å²) >= 11 is 0. The van der Waals surface area contributed by atoms with Crippen molar-refractivity contribution in [3.05, 3.63) is 59.2 Å². The summed E-state index contributed by atoms with van der Waals surface area (Å²) < 4.78 is 7.32. The molecule has 5 nitrogen and oxygen atoms in total. The standard InChI is InChI=1S/C25H29N3O2/c1-30-25(29)22-13-21(19-7-8-19)15-26-23(22)12-18-11-20-9-10-28(24(20)27-14-18)16-17-5-3-2-4-6-17/h9-11,13-15,17,19H,2-8,12,16H2,1H3. The molecule has 2 saturated carbocycles. The van der Waals surface area contributed by atoms with E-state index in [1.807, 2.05) is 18.5 Å². The number of aromatic nitrogens is 3. The molecule has 0 unspecified atom stereocenters. The third kappa shape index (κ3) is 3.98. The molecule has 3 aromatic heterocycles. The van der Waals surface area contributed by atoms with Crippen LogP contribution in [0.15, 0.2) is 36.8 Å². The molecule has 0 bridgehead atoms. The van der Waals surface area contributed by atoms with Crippen molar-refractivity contribution in [2.24, 2.45) is 5.92 Å². The summed E-state index contributed by atoms with van der Waals surface area (Å²) in [6.45, 7) is 1.06. The van der Waals surface area contributed by atoms with Crippen molar-refractivity contribution in [2.45, 2.75) is 63.8 Å². The second-order valence-corrected chi connectivity index (χ2v) is 8.93. The summed E-state index contributed by atoms with van der Waals surface area (Å²) in [7, 11) is 1.43. The summed E-state index contributed by atoms with van der Waals surface area (Å²) in [5, 5.41) is 1.15. The minimum absolute atomic E-state index is 0.312. The van der Waals surface area contributed by atoms with Gasteiger partial charge in [-0.1, -0.05) is 19.3 Å². The lowest BCUT2D eigenvalue weighted by atomic mass is 9.89. The molecular weight excluding hydrogens is 374 g/mol. The molecule has 156 valence electrons. The maximum absolute atomic E-state index is 12.3. The number of hydrogen-bond acceptors (Lipinski definition) is 4. The molecule has 0 N–H and O–H groups in total. The van der Waals surface area contributed by atoms with Crippen LogP contribution in [-0.2, 0) is 17.7 Å². The molecule has 0 aliphatic heterocycles. The van der Waals surface area contributed by atoms with Gasteiger partial charge in [0.1, 0.15) is 5.65 Å². The number of nitrogens with zero attached hydrogens (tertiary/aromatic N) is 3. The van der Waals surface area contributed by atoms with Crippen LogP contribution in [0.2, 0.25) is 0 Å². The number of carbonyl (C=O) groups excluding carboxylic acids is 1. The first kappa shape index (κ1) is 19.3. The first-order valence-electron chi connectivity index (χ1n) is 11.2. The van der Waals surface area contributed by atoms with E-state index in [9.17, 15) is 4.79 Å². The van der Waals surface area contributed by atoms with E-state index >= 15 is 0 Å². The van der Waals surface area contributed by atoms with Gasteiger partial charge in [-0.15, -0.1) is 0 Å². The number of rotatable bonds is 6. The quantitative estimate of drug-likeness (QED) is 0.526. The number of methoxy groups -OCH3 is 1. The van der Waals surface area contributed by atoms with Gasteiger partial charge < -0.3 is 9.30 Å². The Balaban J connectivity index is 1.38. The van der Waals surface area contributed by atoms with E-state index in [1.54, 1.807) is 0 Å². The fourth-order valence-corrected chi connectivity index (χ4v) is 4.79. The largest absolute Gasteiger partial charge is 0.465 e. The van der Waals surface area contributed by atoms with Crippen LogP contribution in [0.5, 0.6) is 0 Å². The number of pyridine rings is 2. The van der Waals surface area contributed by atoms with Gasteiger partial charge in [0.25, 0.3) is 0 Å². The van der Waals surface area contributed by atoms with Crippen molar-refractivity contribution in [3.63, 3.8) is 0 Å². The summed E-state index contributed by atoms with van der Waals surface area (Å²) in [5.41, 5.74) is 4.60. The first-order valence-corrected chi connectivity index (χ1v) is 11.2. The van der Waals surface area contributed by atoms with E-state index in [4.69, 9.17) is 9.72 Å². The van der Waals surface area contributed by atoms with Gasteiger partial charge in [-0.25, -0.2) is 9.78 Å². The fourth-order valence-electron chi connectivity index (χ4n) is 4.79. The van der Waals surface area contributed by atoms with Crippen molar-refractivity contribution >= 4 is 17.0 Å². The highest BCUT2D eigenvalue weighted by Gasteiger charge is 2.26. The average Bonchev–Trinajstić information content (AvgIpc) is 3.56. The Morgan fingerprint density at radius 1 is 1.10 bits per heavy atom. The lowest BCUT2D eigenvalue weighted by molar-refractivity contribution is 0.0599. The van der Waals surface area contributed by atoms with Crippen LogP contribution < -0.4 is 0 Å². The summed E-state index contributed by atoms with van der Waals surface area (Å²) in [5.74, 6) is 1.01. The van der Waals surface area contributed by atoms with Gasteiger partial charge in [-0.2, -0.15) is 0 Å². The van der Waals surface area contributed by atoms with Gasteiger partial charge in [0.15, 0.2) is 0 Å². The van der Waals surface area contributed by atoms with Crippen LogP contribution >= 0.6 is 0 Å². The summed E-state index contributed by atoms with van der Waals surface area (Å²) in [6.07, 6.45) is 15.7. The molecule has 0 amide bonds.